The molecule has 2 N–H and O–H groups in total. The predicted molar refractivity (Wildman–Crippen MR) is 84.4 cm³/mol. The number of anilines is 2. The van der Waals surface area contributed by atoms with Gasteiger partial charge in [-0.2, -0.15) is 0 Å². The molecule has 0 aromatic carbocycles. The van der Waals surface area contributed by atoms with E-state index in [9.17, 15) is 5.11 Å². The van der Waals surface area contributed by atoms with E-state index in [4.69, 9.17) is 0 Å². The summed E-state index contributed by atoms with van der Waals surface area (Å²) in [6.45, 7) is 9.28. The quantitative estimate of drug-likeness (QED) is 0.766. The molecule has 0 amide bonds. The minimum atomic E-state index is -0.748. The van der Waals surface area contributed by atoms with E-state index in [1.807, 2.05) is 18.0 Å². The summed E-state index contributed by atoms with van der Waals surface area (Å²) in [5.74, 6) is 2.57. The van der Waals surface area contributed by atoms with E-state index >= 15 is 0 Å². The van der Waals surface area contributed by atoms with Crippen molar-refractivity contribution in [1.29, 1.82) is 0 Å². The maximum Gasteiger partial charge on any atom is 0.134 e. The van der Waals surface area contributed by atoms with Crippen LogP contribution < -0.4 is 10.2 Å². The van der Waals surface area contributed by atoms with Gasteiger partial charge in [0.25, 0.3) is 0 Å². The number of hydrogen-bond donors (Lipinski definition) is 2. The summed E-state index contributed by atoms with van der Waals surface area (Å²) in [5, 5.41) is 13.2. The lowest BCUT2D eigenvalue weighted by molar-refractivity contribution is 0.0884. The van der Waals surface area contributed by atoms with Crippen LogP contribution in [-0.2, 0) is 6.42 Å². The van der Waals surface area contributed by atoms with Crippen LogP contribution in [0.15, 0.2) is 6.07 Å². The lowest BCUT2D eigenvalue weighted by Crippen LogP contribution is -2.36. The monoisotopic (exact) mass is 280 g/mol. The second-order valence-electron chi connectivity index (χ2n) is 5.87. The zero-order valence-electron chi connectivity index (χ0n) is 13.4. The number of nitrogens with one attached hydrogen (secondary N) is 1. The van der Waals surface area contributed by atoms with E-state index in [1.54, 1.807) is 13.8 Å². The average molecular weight is 280 g/mol. The van der Waals surface area contributed by atoms with Crippen LogP contribution in [0.3, 0.4) is 0 Å². The van der Waals surface area contributed by atoms with Gasteiger partial charge in [0.15, 0.2) is 0 Å². The minimum Gasteiger partial charge on any atom is -0.389 e. The Morgan fingerprint density at radius 1 is 1.25 bits per heavy atom. The molecule has 0 fully saturated rings. The summed E-state index contributed by atoms with van der Waals surface area (Å²) >= 11 is 0. The number of hydrogen-bond acceptors (Lipinski definition) is 5. The topological polar surface area (TPSA) is 61.3 Å². The van der Waals surface area contributed by atoms with Crippen LogP contribution in [0, 0.1) is 0 Å². The minimum absolute atomic E-state index is 0.531. The van der Waals surface area contributed by atoms with Crippen LogP contribution >= 0.6 is 0 Å². The van der Waals surface area contributed by atoms with Crippen molar-refractivity contribution in [3.8, 4) is 0 Å². The molecule has 20 heavy (non-hydrogen) atoms. The molecule has 1 rings (SSSR count). The maximum atomic E-state index is 9.93. The smallest absolute Gasteiger partial charge is 0.134 e. The number of nitrogens with zero attached hydrogens (tertiary/aromatic N) is 3. The molecule has 5 nitrogen and oxygen atoms in total. The highest BCUT2D eigenvalue weighted by Gasteiger charge is 2.17. The van der Waals surface area contributed by atoms with Crippen LogP contribution in [0.5, 0.6) is 0 Å². The highest BCUT2D eigenvalue weighted by molar-refractivity contribution is 5.49. The molecule has 0 saturated carbocycles. The van der Waals surface area contributed by atoms with E-state index in [2.05, 4.69) is 29.1 Å². The largest absolute Gasteiger partial charge is 0.389 e. The van der Waals surface area contributed by atoms with Gasteiger partial charge in [-0.05, 0) is 26.7 Å². The van der Waals surface area contributed by atoms with Crippen molar-refractivity contribution in [2.24, 2.45) is 0 Å². The van der Waals surface area contributed by atoms with Gasteiger partial charge in [-0.25, -0.2) is 9.97 Å². The molecule has 0 atom stereocenters. The van der Waals surface area contributed by atoms with Gasteiger partial charge in [-0.3, -0.25) is 0 Å². The van der Waals surface area contributed by atoms with Crippen LogP contribution in [0.2, 0.25) is 0 Å². The van der Waals surface area contributed by atoms with Gasteiger partial charge in [-0.1, -0.05) is 13.8 Å². The molecule has 1 heterocycles. The van der Waals surface area contributed by atoms with E-state index in [0.29, 0.717) is 6.54 Å². The third-order valence-electron chi connectivity index (χ3n) is 2.80. The van der Waals surface area contributed by atoms with Gasteiger partial charge in [0.05, 0.1) is 5.60 Å². The molecular formula is C15H28N4O. The van der Waals surface area contributed by atoms with E-state index in [1.165, 1.54) is 0 Å². The first kappa shape index (κ1) is 16.7. The Bertz CT molecular complexity index is 415. The summed E-state index contributed by atoms with van der Waals surface area (Å²) in [6.07, 6.45) is 2.94. The normalized spacial score (nSPS) is 11.5. The third-order valence-corrected chi connectivity index (χ3v) is 2.80. The average Bonchev–Trinajstić information content (AvgIpc) is 2.34. The van der Waals surface area contributed by atoms with Crippen LogP contribution in [0.25, 0.3) is 0 Å². The van der Waals surface area contributed by atoms with Crippen molar-refractivity contribution in [1.82, 2.24) is 9.97 Å². The summed E-state index contributed by atoms with van der Waals surface area (Å²) in [5.41, 5.74) is -0.748. The first-order valence-corrected chi connectivity index (χ1v) is 7.41. The van der Waals surface area contributed by atoms with E-state index in [0.717, 1.165) is 43.3 Å². The summed E-state index contributed by atoms with van der Waals surface area (Å²) < 4.78 is 0. The van der Waals surface area contributed by atoms with Crippen molar-refractivity contribution in [3.05, 3.63) is 11.9 Å². The predicted octanol–water partition coefficient (Wildman–Crippen LogP) is 2.46. The summed E-state index contributed by atoms with van der Waals surface area (Å²) in [4.78, 5) is 11.1. The van der Waals surface area contributed by atoms with Gasteiger partial charge in [-0.15, -0.1) is 0 Å². The summed E-state index contributed by atoms with van der Waals surface area (Å²) in [7, 11) is 1.94. The molecule has 0 bridgehead atoms. The molecule has 5 heteroatoms. The Labute approximate surface area is 122 Å². The van der Waals surface area contributed by atoms with Gasteiger partial charge < -0.3 is 15.3 Å². The first-order valence-electron chi connectivity index (χ1n) is 7.41. The molecule has 0 radical (unpaired) electrons. The van der Waals surface area contributed by atoms with Crippen LogP contribution in [-0.4, -0.2) is 40.8 Å². The zero-order valence-corrected chi connectivity index (χ0v) is 13.4. The Kier molecular flexibility index (Phi) is 6.20. The molecule has 0 saturated heterocycles. The lowest BCUT2D eigenvalue weighted by Gasteiger charge is -2.27. The fourth-order valence-corrected chi connectivity index (χ4v) is 2.02. The second kappa shape index (κ2) is 7.43. The molecule has 1 aromatic rings. The molecule has 1 aromatic heterocycles. The molecule has 0 spiro atoms. The second-order valence-corrected chi connectivity index (χ2v) is 5.87. The Hall–Kier alpha value is -1.36. The van der Waals surface area contributed by atoms with Crippen molar-refractivity contribution < 1.29 is 5.11 Å². The van der Waals surface area contributed by atoms with E-state index in [-0.39, 0.29) is 0 Å². The molecule has 0 aliphatic heterocycles. The number of aryl methyl sites for hydroxylation is 1. The van der Waals surface area contributed by atoms with Crippen molar-refractivity contribution in [2.45, 2.75) is 52.6 Å². The van der Waals surface area contributed by atoms with Crippen LogP contribution in [0.4, 0.5) is 11.6 Å². The molecule has 114 valence electrons. The lowest BCUT2D eigenvalue weighted by atomic mass is 10.1. The maximum absolute atomic E-state index is 9.93. The molecule has 0 unspecified atom stereocenters. The van der Waals surface area contributed by atoms with Crippen molar-refractivity contribution in [2.75, 3.05) is 30.4 Å². The van der Waals surface area contributed by atoms with Gasteiger partial charge >= 0.3 is 0 Å². The van der Waals surface area contributed by atoms with E-state index < -0.39 is 5.60 Å². The fraction of sp³-hybridized carbons (Fsp3) is 0.733. The zero-order chi connectivity index (χ0) is 15.2. The molecule has 0 aliphatic carbocycles. The Balaban J connectivity index is 2.95. The summed E-state index contributed by atoms with van der Waals surface area (Å²) in [6, 6.07) is 1.94. The van der Waals surface area contributed by atoms with Crippen molar-refractivity contribution >= 4 is 11.6 Å². The third kappa shape index (κ3) is 5.74. The fourth-order valence-electron chi connectivity index (χ4n) is 2.02. The first-order chi connectivity index (χ1) is 9.35. The standard InChI is InChI=1S/C15H28N4O/c1-6-8-12-17-13(16-9-7-2)10-14(18-12)19(5)11-15(3,4)20/h10,20H,6-9,11H2,1-5H3,(H,16,17,18). The highest BCUT2D eigenvalue weighted by atomic mass is 16.3. The van der Waals surface area contributed by atoms with Gasteiger partial charge in [0.2, 0.25) is 0 Å². The van der Waals surface area contributed by atoms with Crippen LogP contribution in [0.1, 0.15) is 46.4 Å². The molecular weight excluding hydrogens is 252 g/mol. The highest BCUT2D eigenvalue weighted by Crippen LogP contribution is 2.18. The number of aliphatic hydroxyl groups is 1. The van der Waals surface area contributed by atoms with Crippen molar-refractivity contribution in [3.63, 3.8) is 0 Å². The Morgan fingerprint density at radius 2 is 1.95 bits per heavy atom. The Morgan fingerprint density at radius 3 is 2.50 bits per heavy atom. The van der Waals surface area contributed by atoms with Gasteiger partial charge in [0.1, 0.15) is 17.5 Å². The number of likely N-dealkylation sites (N-methyl/N-ethyl adjacent to an activating group) is 1. The molecule has 0 aliphatic rings. The van der Waals surface area contributed by atoms with Gasteiger partial charge in [0, 0.05) is 32.6 Å². The number of aromatic nitrogens is 2. The SMILES string of the molecule is CCCNc1cc(N(C)CC(C)(C)O)nc(CCC)n1. The number of rotatable bonds is 8.